The number of nitrogens with zero attached hydrogens (tertiary/aromatic N) is 3. The average Bonchev–Trinajstić information content (AvgIpc) is 2.94. The molecular weight excluding hydrogens is 340 g/mol. The largest absolute Gasteiger partial charge is 0.355 e. The highest BCUT2D eigenvalue weighted by molar-refractivity contribution is 8.00. The maximum Gasteiger partial charge on any atom is 0.233 e. The van der Waals surface area contributed by atoms with Crippen LogP contribution in [0.15, 0.2) is 11.1 Å². The molecule has 1 amide bonds. The molecular formula is C17H26N4OS2. The van der Waals surface area contributed by atoms with Crippen LogP contribution < -0.4 is 5.32 Å². The Bertz CT molecular complexity index is 699. The predicted molar refractivity (Wildman–Crippen MR) is 103 cm³/mol. The Morgan fingerprint density at radius 2 is 2.17 bits per heavy atom. The normalized spacial score (nSPS) is 12.8. The van der Waals surface area contributed by atoms with Crippen molar-refractivity contribution in [2.24, 2.45) is 0 Å². The molecule has 0 aliphatic carbocycles. The lowest BCUT2D eigenvalue weighted by Crippen LogP contribution is -2.33. The molecule has 2 aromatic rings. The minimum absolute atomic E-state index is 0.0640. The number of fused-ring (bicyclic) bond motifs is 1. The van der Waals surface area contributed by atoms with Crippen LogP contribution in [0.2, 0.25) is 0 Å². The van der Waals surface area contributed by atoms with E-state index < -0.39 is 0 Å². The van der Waals surface area contributed by atoms with Crippen molar-refractivity contribution in [3.05, 3.63) is 16.8 Å². The summed E-state index contributed by atoms with van der Waals surface area (Å²) in [6, 6.07) is 2.16. The van der Waals surface area contributed by atoms with Crippen LogP contribution in [0, 0.1) is 6.92 Å². The fourth-order valence-electron chi connectivity index (χ4n) is 2.28. The molecule has 2 aromatic heterocycles. The fourth-order valence-corrected chi connectivity index (χ4v) is 4.35. The summed E-state index contributed by atoms with van der Waals surface area (Å²) < 4.78 is 0. The number of amides is 1. The molecule has 5 nitrogen and oxygen atoms in total. The van der Waals surface area contributed by atoms with Gasteiger partial charge in [0.05, 0.1) is 5.25 Å². The van der Waals surface area contributed by atoms with E-state index in [2.05, 4.69) is 33.2 Å². The van der Waals surface area contributed by atoms with Crippen LogP contribution in [-0.2, 0) is 11.2 Å². The summed E-state index contributed by atoms with van der Waals surface area (Å²) in [4.78, 5) is 25.8. The molecule has 0 saturated carbocycles. The van der Waals surface area contributed by atoms with E-state index in [1.54, 1.807) is 11.3 Å². The van der Waals surface area contributed by atoms with Gasteiger partial charge in [-0.2, -0.15) is 0 Å². The Kier molecular flexibility index (Phi) is 7.01. The number of aromatic nitrogens is 2. The van der Waals surface area contributed by atoms with Crippen molar-refractivity contribution >= 4 is 39.2 Å². The molecule has 0 aliphatic heterocycles. The molecule has 1 atom stereocenters. The molecule has 1 unspecified atom stereocenters. The number of thiophene rings is 1. The summed E-state index contributed by atoms with van der Waals surface area (Å²) in [5.41, 5.74) is 0. The maximum atomic E-state index is 12.3. The number of rotatable bonds is 8. The Hall–Kier alpha value is -1.18. The second kappa shape index (κ2) is 8.78. The highest BCUT2D eigenvalue weighted by Crippen LogP contribution is 2.33. The van der Waals surface area contributed by atoms with Crippen molar-refractivity contribution in [3.63, 3.8) is 0 Å². The van der Waals surface area contributed by atoms with Gasteiger partial charge < -0.3 is 10.2 Å². The van der Waals surface area contributed by atoms with Crippen molar-refractivity contribution < 1.29 is 4.79 Å². The first-order valence-corrected chi connectivity index (χ1v) is 9.96. The Morgan fingerprint density at radius 1 is 1.42 bits per heavy atom. The molecule has 7 heteroatoms. The lowest BCUT2D eigenvalue weighted by molar-refractivity contribution is -0.120. The minimum atomic E-state index is -0.174. The van der Waals surface area contributed by atoms with Gasteiger partial charge in [0, 0.05) is 16.8 Å². The predicted octanol–water partition coefficient (Wildman–Crippen LogP) is 3.11. The lowest BCUT2D eigenvalue weighted by Gasteiger charge is -2.13. The first kappa shape index (κ1) is 19.1. The van der Waals surface area contributed by atoms with Gasteiger partial charge >= 0.3 is 0 Å². The molecule has 0 aromatic carbocycles. The van der Waals surface area contributed by atoms with Crippen molar-refractivity contribution in [3.8, 4) is 0 Å². The number of aryl methyl sites for hydroxylation is 2. The third-order valence-electron chi connectivity index (χ3n) is 3.61. The zero-order valence-electron chi connectivity index (χ0n) is 15.0. The molecule has 24 heavy (non-hydrogen) atoms. The smallest absolute Gasteiger partial charge is 0.233 e. The van der Waals surface area contributed by atoms with E-state index >= 15 is 0 Å². The monoisotopic (exact) mass is 366 g/mol. The second-order valence-electron chi connectivity index (χ2n) is 6.07. The molecule has 0 aliphatic rings. The molecule has 132 valence electrons. The van der Waals surface area contributed by atoms with Gasteiger partial charge in [0.15, 0.2) is 0 Å². The fraction of sp³-hybridized carbons (Fsp3) is 0.588. The molecule has 0 bridgehead atoms. The molecule has 0 spiro atoms. The average molecular weight is 367 g/mol. The number of carbonyl (C=O) groups is 1. The lowest BCUT2D eigenvalue weighted by atomic mass is 10.3. The van der Waals surface area contributed by atoms with Crippen LogP contribution in [0.1, 0.15) is 31.0 Å². The zero-order valence-corrected chi connectivity index (χ0v) is 16.7. The van der Waals surface area contributed by atoms with Gasteiger partial charge in [0.2, 0.25) is 5.91 Å². The number of nitrogens with one attached hydrogen (secondary N) is 1. The van der Waals surface area contributed by atoms with Gasteiger partial charge in [0.1, 0.15) is 15.7 Å². The third kappa shape index (κ3) is 5.16. The van der Waals surface area contributed by atoms with Crippen LogP contribution in [0.3, 0.4) is 0 Å². The molecule has 0 saturated heterocycles. The van der Waals surface area contributed by atoms with Crippen LogP contribution in [-0.4, -0.2) is 53.2 Å². The molecule has 0 radical (unpaired) electrons. The summed E-state index contributed by atoms with van der Waals surface area (Å²) in [5, 5.41) is 4.81. The summed E-state index contributed by atoms with van der Waals surface area (Å²) in [7, 11) is 4.07. The number of thioether (sulfide) groups is 1. The Labute approximate surface area is 152 Å². The van der Waals surface area contributed by atoms with E-state index in [0.29, 0.717) is 6.54 Å². The van der Waals surface area contributed by atoms with Crippen molar-refractivity contribution in [1.82, 2.24) is 20.2 Å². The molecule has 1 N–H and O–H groups in total. The standard InChI is InChI=1S/C17H26N4OS2/c1-6-13-10-14-16(19-12(3)20-17(14)24-13)23-11(2)15(22)18-8-7-9-21(4)5/h10-11H,6-9H2,1-5H3,(H,18,22). The number of hydrogen-bond donors (Lipinski definition) is 1. The van der Waals surface area contributed by atoms with Crippen LogP contribution in [0.5, 0.6) is 0 Å². The summed E-state index contributed by atoms with van der Waals surface area (Å²) in [6.07, 6.45) is 1.95. The zero-order chi connectivity index (χ0) is 17.7. The highest BCUT2D eigenvalue weighted by Gasteiger charge is 2.18. The van der Waals surface area contributed by atoms with Crippen LogP contribution in [0.25, 0.3) is 10.2 Å². The van der Waals surface area contributed by atoms with E-state index in [1.165, 1.54) is 16.6 Å². The van der Waals surface area contributed by atoms with Crippen molar-refractivity contribution in [1.29, 1.82) is 0 Å². The topological polar surface area (TPSA) is 58.1 Å². The van der Waals surface area contributed by atoms with Gasteiger partial charge in [0.25, 0.3) is 0 Å². The molecule has 0 fully saturated rings. The SMILES string of the molecule is CCc1cc2c(SC(C)C(=O)NCCCN(C)C)nc(C)nc2s1. The van der Waals surface area contributed by atoms with Crippen molar-refractivity contribution in [2.45, 2.75) is 43.9 Å². The molecule has 2 heterocycles. The van der Waals surface area contributed by atoms with Crippen molar-refractivity contribution in [2.75, 3.05) is 27.2 Å². The minimum Gasteiger partial charge on any atom is -0.355 e. The molecule has 2 rings (SSSR count). The second-order valence-corrected chi connectivity index (χ2v) is 8.51. The van der Waals surface area contributed by atoms with Gasteiger partial charge in [-0.1, -0.05) is 18.7 Å². The highest BCUT2D eigenvalue weighted by atomic mass is 32.2. The van der Waals surface area contributed by atoms with E-state index in [1.807, 2.05) is 27.9 Å². The third-order valence-corrected chi connectivity index (χ3v) is 5.88. The summed E-state index contributed by atoms with van der Waals surface area (Å²) in [6.45, 7) is 7.66. The quantitative estimate of drug-likeness (QED) is 0.442. The van der Waals surface area contributed by atoms with Gasteiger partial charge in [-0.25, -0.2) is 9.97 Å². The van der Waals surface area contributed by atoms with Gasteiger partial charge in [-0.15, -0.1) is 11.3 Å². The number of hydrogen-bond acceptors (Lipinski definition) is 6. The van der Waals surface area contributed by atoms with Gasteiger partial charge in [-0.05, 0) is 53.4 Å². The van der Waals surface area contributed by atoms with Gasteiger partial charge in [-0.3, -0.25) is 4.79 Å². The van der Waals surface area contributed by atoms with E-state index in [9.17, 15) is 4.79 Å². The van der Waals surface area contributed by atoms with E-state index in [4.69, 9.17) is 0 Å². The summed E-state index contributed by atoms with van der Waals surface area (Å²) in [5.74, 6) is 0.821. The van der Waals surface area contributed by atoms with E-state index in [0.717, 1.165) is 40.5 Å². The number of carbonyl (C=O) groups excluding carboxylic acids is 1. The maximum absolute atomic E-state index is 12.3. The van der Waals surface area contributed by atoms with Crippen LogP contribution in [0.4, 0.5) is 0 Å². The summed E-state index contributed by atoms with van der Waals surface area (Å²) >= 11 is 3.23. The Morgan fingerprint density at radius 3 is 2.83 bits per heavy atom. The first-order valence-electron chi connectivity index (χ1n) is 8.26. The van der Waals surface area contributed by atoms with Crippen LogP contribution >= 0.6 is 23.1 Å². The Balaban J connectivity index is 2.02. The first-order chi connectivity index (χ1) is 11.4. The van der Waals surface area contributed by atoms with E-state index in [-0.39, 0.29) is 11.2 Å².